The van der Waals surface area contributed by atoms with Gasteiger partial charge in [0.2, 0.25) is 0 Å². The Labute approximate surface area is 207 Å². The van der Waals surface area contributed by atoms with Crippen LogP contribution in [0.1, 0.15) is 38.8 Å². The van der Waals surface area contributed by atoms with Gasteiger partial charge >= 0.3 is 0 Å². The smallest absolute Gasteiger partial charge is 0.270 e. The Hall–Kier alpha value is -2.46. The van der Waals surface area contributed by atoms with Crippen molar-refractivity contribution in [3.63, 3.8) is 0 Å². The number of hydrogen-bond acceptors (Lipinski definition) is 5. The largest absolute Gasteiger partial charge is 0.490 e. The van der Waals surface area contributed by atoms with Crippen LogP contribution in [0.5, 0.6) is 11.5 Å². The molecule has 1 N–H and O–H groups in total. The molecule has 3 rings (SSSR count). The van der Waals surface area contributed by atoms with E-state index < -0.39 is 11.8 Å². The molecule has 2 amide bonds. The van der Waals surface area contributed by atoms with Crippen LogP contribution in [0.4, 0.5) is 5.69 Å². The summed E-state index contributed by atoms with van der Waals surface area (Å²) in [5.41, 5.74) is 2.40. The molecule has 1 fully saturated rings. The van der Waals surface area contributed by atoms with E-state index in [9.17, 15) is 9.59 Å². The lowest BCUT2D eigenvalue weighted by Gasteiger charge is -2.29. The van der Waals surface area contributed by atoms with Gasteiger partial charge in [-0.2, -0.15) is 0 Å². The molecular weight excluding hydrogens is 539 g/mol. The van der Waals surface area contributed by atoms with Gasteiger partial charge in [-0.3, -0.25) is 19.8 Å². The van der Waals surface area contributed by atoms with Crippen LogP contribution in [0.15, 0.2) is 42.0 Å². The number of ether oxygens (including phenoxy) is 2. The number of rotatable bonds is 7. The molecule has 1 aliphatic heterocycles. The fourth-order valence-electron chi connectivity index (χ4n) is 3.22. The van der Waals surface area contributed by atoms with Crippen LogP contribution < -0.4 is 19.7 Å². The minimum Gasteiger partial charge on any atom is -0.490 e. The van der Waals surface area contributed by atoms with Crippen LogP contribution in [0, 0.1) is 3.57 Å². The van der Waals surface area contributed by atoms with Crippen molar-refractivity contribution >= 4 is 63.5 Å². The fraction of sp³-hybridized carbons (Fsp3) is 0.292. The second-order valence-electron chi connectivity index (χ2n) is 7.41. The number of nitrogens with zero attached hydrogens (tertiary/aromatic N) is 1. The van der Waals surface area contributed by atoms with Crippen molar-refractivity contribution in [2.24, 2.45) is 0 Å². The first-order valence-corrected chi connectivity index (χ1v) is 11.9. The quantitative estimate of drug-likeness (QED) is 0.225. The number of halogens is 1. The number of nitrogens with one attached hydrogen (secondary N) is 1. The zero-order chi connectivity index (χ0) is 23.4. The molecule has 168 valence electrons. The van der Waals surface area contributed by atoms with Crippen molar-refractivity contribution in [3.8, 4) is 11.5 Å². The Bertz CT molecular complexity index is 1080. The molecule has 1 saturated heterocycles. The standard InChI is InChI=1S/C24H25IN2O4S/c1-5-15-7-9-17(10-8-15)27-23(29)18(22(28)26-24(27)32)11-16-12-19(25)21(31-14(3)4)20(13-16)30-6-2/h7-14H,5-6H2,1-4H3,(H,26,28,32)/b18-11+. The summed E-state index contributed by atoms with van der Waals surface area (Å²) in [6, 6.07) is 11.1. The van der Waals surface area contributed by atoms with Crippen LogP contribution in [-0.2, 0) is 16.0 Å². The summed E-state index contributed by atoms with van der Waals surface area (Å²) in [7, 11) is 0. The highest BCUT2D eigenvalue weighted by Gasteiger charge is 2.34. The number of carbonyl (C=O) groups excluding carboxylic acids is 2. The van der Waals surface area contributed by atoms with Crippen LogP contribution >= 0.6 is 34.8 Å². The highest BCUT2D eigenvalue weighted by Crippen LogP contribution is 2.36. The highest BCUT2D eigenvalue weighted by molar-refractivity contribution is 14.1. The fourth-order valence-corrected chi connectivity index (χ4v) is 4.26. The highest BCUT2D eigenvalue weighted by atomic mass is 127. The maximum Gasteiger partial charge on any atom is 0.270 e. The van der Waals surface area contributed by atoms with Crippen LogP contribution in [0.25, 0.3) is 6.08 Å². The predicted molar refractivity (Wildman–Crippen MR) is 138 cm³/mol. The van der Waals surface area contributed by atoms with Gasteiger partial charge in [0, 0.05) is 0 Å². The third-order valence-corrected chi connectivity index (χ3v) is 5.79. The Morgan fingerprint density at radius 3 is 2.44 bits per heavy atom. The molecule has 0 bridgehead atoms. The Kier molecular flexibility index (Phi) is 7.89. The molecule has 0 aliphatic carbocycles. The SMILES string of the molecule is CCOc1cc(/C=C2\C(=O)NC(=S)N(c3ccc(CC)cc3)C2=O)cc(I)c1OC(C)C. The zero-order valence-corrected chi connectivity index (χ0v) is 21.4. The maximum absolute atomic E-state index is 13.3. The van der Waals surface area contributed by atoms with Crippen molar-refractivity contribution in [2.45, 2.75) is 40.2 Å². The number of aryl methyl sites for hydroxylation is 1. The first kappa shape index (κ1) is 24.2. The first-order valence-electron chi connectivity index (χ1n) is 10.4. The lowest BCUT2D eigenvalue weighted by Crippen LogP contribution is -2.54. The summed E-state index contributed by atoms with van der Waals surface area (Å²) in [6.07, 6.45) is 2.42. The normalized spacial score (nSPS) is 15.4. The molecule has 0 atom stereocenters. The topological polar surface area (TPSA) is 67.9 Å². The maximum atomic E-state index is 13.3. The monoisotopic (exact) mass is 564 g/mol. The van der Waals surface area contributed by atoms with E-state index in [1.807, 2.05) is 51.1 Å². The summed E-state index contributed by atoms with van der Waals surface area (Å²) < 4.78 is 12.5. The van der Waals surface area contributed by atoms with E-state index in [-0.39, 0.29) is 16.8 Å². The van der Waals surface area contributed by atoms with Crippen molar-refractivity contribution < 1.29 is 19.1 Å². The molecule has 0 radical (unpaired) electrons. The molecule has 0 aromatic heterocycles. The van der Waals surface area contributed by atoms with Gasteiger partial charge in [0.15, 0.2) is 16.6 Å². The van der Waals surface area contributed by atoms with E-state index in [0.29, 0.717) is 29.4 Å². The lowest BCUT2D eigenvalue weighted by molar-refractivity contribution is -0.122. The first-order chi connectivity index (χ1) is 15.2. The number of benzene rings is 2. The minimum atomic E-state index is -0.531. The van der Waals surface area contributed by atoms with E-state index >= 15 is 0 Å². The molecule has 0 unspecified atom stereocenters. The summed E-state index contributed by atoms with van der Waals surface area (Å²) in [5, 5.41) is 2.68. The summed E-state index contributed by atoms with van der Waals surface area (Å²) in [4.78, 5) is 27.2. The number of amides is 2. The van der Waals surface area contributed by atoms with E-state index in [1.54, 1.807) is 12.1 Å². The van der Waals surface area contributed by atoms with E-state index in [0.717, 1.165) is 15.6 Å². The summed E-state index contributed by atoms with van der Waals surface area (Å²) >= 11 is 7.45. The van der Waals surface area contributed by atoms with E-state index in [1.165, 1.54) is 4.90 Å². The van der Waals surface area contributed by atoms with Gasteiger partial charge in [-0.25, -0.2) is 0 Å². The molecule has 6 nitrogen and oxygen atoms in total. The van der Waals surface area contributed by atoms with Gasteiger partial charge in [0.05, 0.1) is 22.0 Å². The lowest BCUT2D eigenvalue weighted by atomic mass is 10.1. The van der Waals surface area contributed by atoms with Crippen LogP contribution in [0.2, 0.25) is 0 Å². The number of hydrogen-bond donors (Lipinski definition) is 1. The minimum absolute atomic E-state index is 0.00561. The molecule has 0 saturated carbocycles. The second kappa shape index (κ2) is 10.4. The molecule has 1 heterocycles. The Morgan fingerprint density at radius 2 is 1.84 bits per heavy atom. The molecule has 32 heavy (non-hydrogen) atoms. The number of carbonyl (C=O) groups is 2. The van der Waals surface area contributed by atoms with Gasteiger partial charge in [-0.05, 0) is 103 Å². The number of anilines is 1. The van der Waals surface area contributed by atoms with Gasteiger partial charge in [-0.1, -0.05) is 19.1 Å². The Balaban J connectivity index is 2.01. The summed E-state index contributed by atoms with van der Waals surface area (Å²) in [6.45, 7) is 8.29. The van der Waals surface area contributed by atoms with Crippen molar-refractivity contribution in [1.82, 2.24) is 5.32 Å². The van der Waals surface area contributed by atoms with Crippen LogP contribution in [0.3, 0.4) is 0 Å². The third-order valence-electron chi connectivity index (χ3n) is 4.70. The molecule has 2 aromatic carbocycles. The molecule has 0 spiro atoms. The second-order valence-corrected chi connectivity index (χ2v) is 8.96. The molecule has 1 aliphatic rings. The van der Waals surface area contributed by atoms with Gasteiger partial charge in [-0.15, -0.1) is 0 Å². The molecule has 2 aromatic rings. The number of thiocarbonyl (C=S) groups is 1. The average molecular weight is 564 g/mol. The van der Waals surface area contributed by atoms with Crippen LogP contribution in [-0.4, -0.2) is 29.6 Å². The van der Waals surface area contributed by atoms with Crippen molar-refractivity contribution in [3.05, 3.63) is 56.7 Å². The summed E-state index contributed by atoms with van der Waals surface area (Å²) in [5.74, 6) is 0.198. The zero-order valence-electron chi connectivity index (χ0n) is 18.4. The molecular formula is C24H25IN2O4S. The van der Waals surface area contributed by atoms with Gasteiger partial charge in [0.1, 0.15) is 5.57 Å². The van der Waals surface area contributed by atoms with E-state index in [2.05, 4.69) is 34.8 Å². The Morgan fingerprint density at radius 1 is 1.16 bits per heavy atom. The van der Waals surface area contributed by atoms with Gasteiger partial charge in [0.25, 0.3) is 11.8 Å². The van der Waals surface area contributed by atoms with Crippen molar-refractivity contribution in [1.29, 1.82) is 0 Å². The third kappa shape index (κ3) is 5.29. The van der Waals surface area contributed by atoms with E-state index in [4.69, 9.17) is 21.7 Å². The average Bonchev–Trinajstić information content (AvgIpc) is 2.74. The van der Waals surface area contributed by atoms with Gasteiger partial charge < -0.3 is 9.47 Å². The molecule has 8 heteroatoms. The predicted octanol–water partition coefficient (Wildman–Crippen LogP) is 4.87. The van der Waals surface area contributed by atoms with Crippen molar-refractivity contribution in [2.75, 3.05) is 11.5 Å².